The molecule has 1 aliphatic rings. The van der Waals surface area contributed by atoms with Gasteiger partial charge in [-0.25, -0.2) is 4.39 Å². The van der Waals surface area contributed by atoms with Gasteiger partial charge in [0.15, 0.2) is 11.5 Å². The van der Waals surface area contributed by atoms with Crippen LogP contribution in [0.3, 0.4) is 0 Å². The Hall–Kier alpha value is -3.39. The first-order chi connectivity index (χ1) is 14.2. The molecular formula is C21H22FN6O+. The highest BCUT2D eigenvalue weighted by Crippen LogP contribution is 2.35. The fourth-order valence-corrected chi connectivity index (χ4v) is 3.20. The number of aromatic nitrogens is 2. The molecule has 29 heavy (non-hydrogen) atoms. The number of aliphatic hydroxyl groups excluding tert-OH is 1. The van der Waals surface area contributed by atoms with Gasteiger partial charge >= 0.3 is 11.8 Å². The highest BCUT2D eigenvalue weighted by atomic mass is 19.1. The van der Waals surface area contributed by atoms with Gasteiger partial charge in [-0.1, -0.05) is 22.9 Å². The van der Waals surface area contributed by atoms with Gasteiger partial charge in [0.05, 0.1) is 6.61 Å². The molecule has 0 amide bonds. The third-order valence-electron chi connectivity index (χ3n) is 4.69. The van der Waals surface area contributed by atoms with Gasteiger partial charge in [-0.05, 0) is 43.3 Å². The van der Waals surface area contributed by atoms with E-state index in [1.165, 1.54) is 12.1 Å². The number of rotatable bonds is 7. The lowest BCUT2D eigenvalue weighted by Gasteiger charge is -2.17. The zero-order valence-electron chi connectivity index (χ0n) is 16.1. The maximum atomic E-state index is 13.3. The molecule has 0 spiro atoms. The van der Waals surface area contributed by atoms with E-state index in [9.17, 15) is 9.50 Å². The Bertz CT molecular complexity index is 1020. The van der Waals surface area contributed by atoms with E-state index >= 15 is 0 Å². The van der Waals surface area contributed by atoms with E-state index < -0.39 is 0 Å². The molecule has 7 nitrogen and oxygen atoms in total. The lowest BCUT2D eigenvalue weighted by atomic mass is 10.2. The van der Waals surface area contributed by atoms with E-state index in [2.05, 4.69) is 10.4 Å². The molecule has 0 radical (unpaired) electrons. The van der Waals surface area contributed by atoms with E-state index in [0.29, 0.717) is 37.2 Å². The SMILES string of the molecule is CCN(CCO)c1nc(Nc2ccc(F)cc2)c2c(n1)[N+](c1ccccc1)=NC2. The van der Waals surface area contributed by atoms with E-state index in [4.69, 9.17) is 9.97 Å². The monoisotopic (exact) mass is 393 g/mol. The molecule has 2 heterocycles. The summed E-state index contributed by atoms with van der Waals surface area (Å²) in [6.07, 6.45) is 0. The molecule has 148 valence electrons. The number of azo groups is 2. The number of nitrogens with one attached hydrogen (secondary N) is 1. The van der Waals surface area contributed by atoms with Crippen LogP contribution in [-0.4, -0.2) is 34.8 Å². The van der Waals surface area contributed by atoms with E-state index in [-0.39, 0.29) is 12.4 Å². The zero-order valence-corrected chi connectivity index (χ0v) is 16.1. The number of fused-ring (bicyclic) bond motifs is 1. The van der Waals surface area contributed by atoms with Crippen LogP contribution in [-0.2, 0) is 6.54 Å². The lowest BCUT2D eigenvalue weighted by molar-refractivity contribution is 0.301. The van der Waals surface area contributed by atoms with Crippen LogP contribution in [0.1, 0.15) is 12.5 Å². The van der Waals surface area contributed by atoms with Gasteiger partial charge < -0.3 is 15.3 Å². The third kappa shape index (κ3) is 3.93. The summed E-state index contributed by atoms with van der Waals surface area (Å²) >= 11 is 0. The number of hydrogen-bond acceptors (Lipinski definition) is 6. The van der Waals surface area contributed by atoms with Crippen molar-refractivity contribution in [3.8, 4) is 0 Å². The van der Waals surface area contributed by atoms with Gasteiger partial charge in [0.1, 0.15) is 17.9 Å². The predicted octanol–water partition coefficient (Wildman–Crippen LogP) is 3.98. The second-order valence-corrected chi connectivity index (χ2v) is 6.56. The van der Waals surface area contributed by atoms with Gasteiger partial charge in [0.2, 0.25) is 0 Å². The standard InChI is InChI=1S/C21H22FN6O/c1-2-27(12-13-29)21-25-19(24-16-10-8-15(22)9-11-16)18-14-23-28(20(18)26-21)17-6-4-3-5-7-17/h3-11,29H,2,12-14H2,1H3,(H,24,25,26)/q+1. The number of likely N-dealkylation sites (N-methyl/N-ethyl adjacent to an activating group) is 1. The summed E-state index contributed by atoms with van der Waals surface area (Å²) in [7, 11) is 0. The minimum Gasteiger partial charge on any atom is -0.395 e. The molecule has 3 aromatic rings. The molecule has 0 unspecified atom stereocenters. The summed E-state index contributed by atoms with van der Waals surface area (Å²) in [5.74, 6) is 1.52. The van der Waals surface area contributed by atoms with E-state index in [0.717, 1.165) is 16.9 Å². The van der Waals surface area contributed by atoms with Crippen LogP contribution in [0.5, 0.6) is 0 Å². The number of aliphatic hydroxyl groups is 1. The topological polar surface area (TPSA) is 76.7 Å². The number of halogens is 1. The van der Waals surface area contributed by atoms with Crippen molar-refractivity contribution in [1.29, 1.82) is 0 Å². The fraction of sp³-hybridized carbons (Fsp3) is 0.238. The van der Waals surface area contributed by atoms with Crippen LogP contribution in [0.4, 0.5) is 33.3 Å². The Morgan fingerprint density at radius 1 is 1.10 bits per heavy atom. The van der Waals surface area contributed by atoms with Crippen molar-refractivity contribution < 1.29 is 9.50 Å². The molecule has 0 saturated heterocycles. The molecular weight excluding hydrogens is 371 g/mol. The molecule has 1 aliphatic heterocycles. The molecule has 0 saturated carbocycles. The van der Waals surface area contributed by atoms with Gasteiger partial charge in [0, 0.05) is 23.8 Å². The predicted molar refractivity (Wildman–Crippen MR) is 111 cm³/mol. The summed E-state index contributed by atoms with van der Waals surface area (Å²) in [6.45, 7) is 3.49. The molecule has 0 fully saturated rings. The molecule has 0 bridgehead atoms. The summed E-state index contributed by atoms with van der Waals surface area (Å²) in [5.41, 5.74) is 2.50. The minimum absolute atomic E-state index is 0.00177. The molecule has 4 rings (SSSR count). The Labute approximate surface area is 168 Å². The highest BCUT2D eigenvalue weighted by molar-refractivity contribution is 5.68. The van der Waals surface area contributed by atoms with Crippen molar-refractivity contribution in [1.82, 2.24) is 14.7 Å². The highest BCUT2D eigenvalue weighted by Gasteiger charge is 2.33. The Morgan fingerprint density at radius 3 is 2.55 bits per heavy atom. The first-order valence-corrected chi connectivity index (χ1v) is 9.51. The van der Waals surface area contributed by atoms with Crippen LogP contribution in [0.15, 0.2) is 59.7 Å². The number of nitrogens with zero attached hydrogens (tertiary/aromatic N) is 5. The summed E-state index contributed by atoms with van der Waals surface area (Å²) in [5, 5.41) is 17.3. The van der Waals surface area contributed by atoms with Gasteiger partial charge in [-0.3, -0.25) is 0 Å². The zero-order chi connectivity index (χ0) is 20.2. The minimum atomic E-state index is -0.297. The van der Waals surface area contributed by atoms with Gasteiger partial charge in [0.25, 0.3) is 0 Å². The van der Waals surface area contributed by atoms with Crippen LogP contribution < -0.4 is 14.9 Å². The summed E-state index contributed by atoms with van der Waals surface area (Å²) in [6, 6.07) is 15.9. The number of hydrogen-bond donors (Lipinski definition) is 2. The quantitative estimate of drug-likeness (QED) is 0.594. The van der Waals surface area contributed by atoms with Crippen LogP contribution in [0, 0.1) is 5.82 Å². The van der Waals surface area contributed by atoms with Crippen molar-refractivity contribution in [2.45, 2.75) is 13.5 Å². The lowest BCUT2D eigenvalue weighted by Crippen LogP contribution is -2.28. The molecule has 2 aromatic carbocycles. The maximum Gasteiger partial charge on any atom is 0.361 e. The third-order valence-corrected chi connectivity index (χ3v) is 4.69. The van der Waals surface area contributed by atoms with E-state index in [1.807, 2.05) is 46.9 Å². The second kappa shape index (κ2) is 8.32. The van der Waals surface area contributed by atoms with Crippen molar-refractivity contribution in [3.63, 3.8) is 0 Å². The van der Waals surface area contributed by atoms with Crippen LogP contribution >= 0.6 is 0 Å². The molecule has 1 aromatic heterocycles. The Kier molecular flexibility index (Phi) is 5.44. The van der Waals surface area contributed by atoms with Crippen molar-refractivity contribution in [3.05, 3.63) is 66.0 Å². The largest absolute Gasteiger partial charge is 0.395 e. The summed E-state index contributed by atoms with van der Waals surface area (Å²) < 4.78 is 15.1. The van der Waals surface area contributed by atoms with Crippen molar-refractivity contribution in [2.24, 2.45) is 5.11 Å². The smallest absolute Gasteiger partial charge is 0.361 e. The molecule has 8 heteroatoms. The molecule has 2 N–H and O–H groups in total. The van der Waals surface area contributed by atoms with Gasteiger partial charge in [-0.15, -0.1) is 5.11 Å². The second-order valence-electron chi connectivity index (χ2n) is 6.56. The van der Waals surface area contributed by atoms with Gasteiger partial charge in [-0.2, -0.15) is 4.98 Å². The first kappa shape index (κ1) is 18.9. The summed E-state index contributed by atoms with van der Waals surface area (Å²) in [4.78, 5) is 11.3. The normalized spacial score (nSPS) is 12.4. The molecule has 0 aliphatic carbocycles. The Morgan fingerprint density at radius 2 is 1.86 bits per heavy atom. The fourth-order valence-electron chi connectivity index (χ4n) is 3.20. The van der Waals surface area contributed by atoms with E-state index in [1.54, 1.807) is 12.1 Å². The number of anilines is 3. The first-order valence-electron chi connectivity index (χ1n) is 9.51. The Balaban J connectivity index is 1.79. The number of benzene rings is 2. The number of para-hydroxylation sites is 1. The van der Waals surface area contributed by atoms with Crippen molar-refractivity contribution >= 4 is 29.0 Å². The average molecular weight is 393 g/mol. The maximum absolute atomic E-state index is 13.3. The molecule has 0 atom stereocenters. The van der Waals surface area contributed by atoms with Crippen LogP contribution in [0.2, 0.25) is 0 Å². The average Bonchev–Trinajstić information content (AvgIpc) is 3.18. The van der Waals surface area contributed by atoms with Crippen molar-refractivity contribution in [2.75, 3.05) is 29.9 Å². The van der Waals surface area contributed by atoms with Crippen LogP contribution in [0.25, 0.3) is 0 Å².